The first-order valence-corrected chi connectivity index (χ1v) is 7.69. The highest BCUT2D eigenvalue weighted by Crippen LogP contribution is 2.42. The second-order valence-electron chi connectivity index (χ2n) is 5.09. The average Bonchev–Trinajstić information content (AvgIpc) is 2.83. The van der Waals surface area contributed by atoms with Gasteiger partial charge >= 0.3 is 0 Å². The highest BCUT2D eigenvalue weighted by Gasteiger charge is 2.32. The van der Waals surface area contributed by atoms with Crippen molar-refractivity contribution in [2.75, 3.05) is 11.1 Å². The molecule has 1 aliphatic rings. The summed E-state index contributed by atoms with van der Waals surface area (Å²) in [5.41, 5.74) is 8.02. The van der Waals surface area contributed by atoms with Crippen LogP contribution in [0.2, 0.25) is 0 Å². The minimum atomic E-state index is -0.280. The van der Waals surface area contributed by atoms with E-state index in [2.05, 4.69) is 11.4 Å². The van der Waals surface area contributed by atoms with Crippen molar-refractivity contribution in [3.8, 4) is 6.07 Å². The zero-order chi connectivity index (χ0) is 14.8. The van der Waals surface area contributed by atoms with E-state index in [1.54, 1.807) is 0 Å². The van der Waals surface area contributed by atoms with Gasteiger partial charge in [-0.15, -0.1) is 11.3 Å². The van der Waals surface area contributed by atoms with E-state index in [0.29, 0.717) is 10.6 Å². The molecule has 0 fully saturated rings. The van der Waals surface area contributed by atoms with Crippen LogP contribution in [-0.2, 0) is 11.2 Å². The molecule has 0 saturated carbocycles. The third kappa shape index (κ3) is 2.50. The number of fused-ring (bicyclic) bond motifs is 1. The van der Waals surface area contributed by atoms with Crippen molar-refractivity contribution in [1.29, 1.82) is 5.26 Å². The highest BCUT2D eigenvalue weighted by atomic mass is 32.1. The monoisotopic (exact) mass is 297 g/mol. The van der Waals surface area contributed by atoms with Gasteiger partial charge < -0.3 is 11.1 Å². The molecule has 1 aromatic heterocycles. The first-order chi connectivity index (χ1) is 10.2. The number of nitrogens with two attached hydrogens (primary N) is 1. The van der Waals surface area contributed by atoms with E-state index in [1.807, 2.05) is 30.3 Å². The number of nitrogens with zero attached hydrogens (tertiary/aromatic N) is 1. The normalized spacial score (nSPS) is 16.8. The van der Waals surface area contributed by atoms with Gasteiger partial charge in [-0.1, -0.05) is 18.2 Å². The van der Waals surface area contributed by atoms with E-state index in [9.17, 15) is 10.1 Å². The summed E-state index contributed by atoms with van der Waals surface area (Å²) in [6.07, 6.45) is 2.61. The van der Waals surface area contributed by atoms with E-state index < -0.39 is 0 Å². The quantitative estimate of drug-likeness (QED) is 0.893. The largest absolute Gasteiger partial charge is 0.389 e. The van der Waals surface area contributed by atoms with Crippen LogP contribution in [-0.4, -0.2) is 5.91 Å². The Kier molecular flexibility index (Phi) is 3.63. The number of para-hydroxylation sites is 1. The predicted octanol–water partition coefficient (Wildman–Crippen LogP) is 3.26. The first kappa shape index (κ1) is 13.7. The third-order valence-corrected chi connectivity index (χ3v) is 4.86. The van der Waals surface area contributed by atoms with Crippen LogP contribution in [0.5, 0.6) is 0 Å². The number of carbonyl (C=O) groups is 1. The minimum absolute atomic E-state index is 0.0588. The zero-order valence-electron chi connectivity index (χ0n) is 11.4. The number of nitrogens with one attached hydrogen (secondary N) is 1. The SMILES string of the molecule is N#Cc1c(N)sc2c1C(C(=O)Nc1ccccc1)CCC2. The van der Waals surface area contributed by atoms with Crippen molar-refractivity contribution in [2.24, 2.45) is 0 Å². The Morgan fingerprint density at radius 2 is 2.14 bits per heavy atom. The van der Waals surface area contributed by atoms with E-state index in [1.165, 1.54) is 11.3 Å². The van der Waals surface area contributed by atoms with Gasteiger partial charge in [0, 0.05) is 10.6 Å². The van der Waals surface area contributed by atoms with Crippen LogP contribution in [0.15, 0.2) is 30.3 Å². The molecule has 0 aliphatic heterocycles. The third-order valence-electron chi connectivity index (χ3n) is 3.76. The summed E-state index contributed by atoms with van der Waals surface area (Å²) in [6, 6.07) is 11.5. The Labute approximate surface area is 127 Å². The van der Waals surface area contributed by atoms with E-state index in [-0.39, 0.29) is 11.8 Å². The number of amides is 1. The summed E-state index contributed by atoms with van der Waals surface area (Å²) in [5.74, 6) is -0.339. The molecule has 1 aliphatic carbocycles. The second-order valence-corrected chi connectivity index (χ2v) is 6.23. The Morgan fingerprint density at radius 1 is 1.38 bits per heavy atom. The zero-order valence-corrected chi connectivity index (χ0v) is 12.2. The lowest BCUT2D eigenvalue weighted by Gasteiger charge is -2.22. The number of carbonyl (C=O) groups excluding carboxylic acids is 1. The van der Waals surface area contributed by atoms with Crippen molar-refractivity contribution in [3.63, 3.8) is 0 Å². The van der Waals surface area contributed by atoms with Gasteiger partial charge in [0.25, 0.3) is 0 Å². The van der Waals surface area contributed by atoms with E-state index in [0.717, 1.165) is 35.4 Å². The molecule has 0 bridgehead atoms. The van der Waals surface area contributed by atoms with Crippen molar-refractivity contribution in [2.45, 2.75) is 25.2 Å². The van der Waals surface area contributed by atoms with Crippen LogP contribution in [0.4, 0.5) is 10.7 Å². The smallest absolute Gasteiger partial charge is 0.232 e. The number of hydrogen-bond donors (Lipinski definition) is 2. The molecule has 0 radical (unpaired) electrons. The highest BCUT2D eigenvalue weighted by molar-refractivity contribution is 7.16. The number of rotatable bonds is 2. The summed E-state index contributed by atoms with van der Waals surface area (Å²) in [5, 5.41) is 12.8. The molecule has 1 atom stereocenters. The minimum Gasteiger partial charge on any atom is -0.389 e. The topological polar surface area (TPSA) is 78.9 Å². The Morgan fingerprint density at radius 3 is 2.86 bits per heavy atom. The molecule has 0 saturated heterocycles. The van der Waals surface area contributed by atoms with Gasteiger partial charge in [-0.3, -0.25) is 4.79 Å². The lowest BCUT2D eigenvalue weighted by molar-refractivity contribution is -0.117. The maximum atomic E-state index is 12.6. The van der Waals surface area contributed by atoms with Crippen molar-refractivity contribution < 1.29 is 4.79 Å². The molecule has 2 aromatic rings. The Balaban J connectivity index is 1.91. The van der Waals surface area contributed by atoms with Crippen LogP contribution in [0.3, 0.4) is 0 Å². The molecule has 106 valence electrons. The molecule has 1 unspecified atom stereocenters. The van der Waals surface area contributed by atoms with Crippen molar-refractivity contribution in [3.05, 3.63) is 46.3 Å². The van der Waals surface area contributed by atoms with Gasteiger partial charge in [0.05, 0.1) is 11.5 Å². The lowest BCUT2D eigenvalue weighted by Crippen LogP contribution is -2.24. The van der Waals surface area contributed by atoms with Gasteiger partial charge in [0.1, 0.15) is 11.1 Å². The molecule has 1 aromatic carbocycles. The standard InChI is InChI=1S/C16H15N3OS/c17-9-12-14-11(7-4-8-13(14)21-15(12)18)16(20)19-10-5-2-1-3-6-10/h1-3,5-6,11H,4,7-8,18H2,(H,19,20). The number of anilines is 2. The van der Waals surface area contributed by atoms with E-state index >= 15 is 0 Å². The fourth-order valence-corrected chi connectivity index (χ4v) is 3.93. The van der Waals surface area contributed by atoms with Gasteiger partial charge in [0.15, 0.2) is 0 Å². The number of thiophene rings is 1. The molecule has 21 heavy (non-hydrogen) atoms. The summed E-state index contributed by atoms with van der Waals surface area (Å²) < 4.78 is 0. The van der Waals surface area contributed by atoms with Crippen LogP contribution in [0.25, 0.3) is 0 Å². The molecule has 4 nitrogen and oxygen atoms in total. The van der Waals surface area contributed by atoms with E-state index in [4.69, 9.17) is 5.73 Å². The number of nitrogen functional groups attached to an aromatic ring is 1. The molecule has 1 amide bonds. The number of benzene rings is 1. The lowest BCUT2D eigenvalue weighted by atomic mass is 9.84. The molecule has 1 heterocycles. The Bertz CT molecular complexity index is 715. The number of aryl methyl sites for hydroxylation is 1. The molecular weight excluding hydrogens is 282 g/mol. The van der Waals surface area contributed by atoms with Gasteiger partial charge in [-0.05, 0) is 37.0 Å². The van der Waals surface area contributed by atoms with Crippen LogP contribution in [0, 0.1) is 11.3 Å². The van der Waals surface area contributed by atoms with Gasteiger partial charge in [-0.25, -0.2) is 0 Å². The average molecular weight is 297 g/mol. The summed E-state index contributed by atoms with van der Waals surface area (Å²) in [4.78, 5) is 13.6. The fraction of sp³-hybridized carbons (Fsp3) is 0.250. The van der Waals surface area contributed by atoms with Gasteiger partial charge in [-0.2, -0.15) is 5.26 Å². The molecular formula is C16H15N3OS. The predicted molar refractivity (Wildman–Crippen MR) is 84.2 cm³/mol. The molecule has 3 rings (SSSR count). The first-order valence-electron chi connectivity index (χ1n) is 6.87. The number of hydrogen-bond acceptors (Lipinski definition) is 4. The summed E-state index contributed by atoms with van der Waals surface area (Å²) >= 11 is 1.44. The maximum absolute atomic E-state index is 12.6. The second kappa shape index (κ2) is 5.58. The summed E-state index contributed by atoms with van der Waals surface area (Å²) in [7, 11) is 0. The van der Waals surface area contributed by atoms with Crippen molar-refractivity contribution in [1.82, 2.24) is 0 Å². The number of nitriles is 1. The fourth-order valence-electron chi connectivity index (χ4n) is 2.80. The maximum Gasteiger partial charge on any atom is 0.232 e. The molecule has 3 N–H and O–H groups in total. The molecule has 5 heteroatoms. The van der Waals surface area contributed by atoms with Crippen LogP contribution < -0.4 is 11.1 Å². The van der Waals surface area contributed by atoms with Gasteiger partial charge in [0.2, 0.25) is 5.91 Å². The Hall–Kier alpha value is -2.32. The summed E-state index contributed by atoms with van der Waals surface area (Å²) in [6.45, 7) is 0. The van der Waals surface area contributed by atoms with Crippen LogP contribution in [0.1, 0.15) is 34.8 Å². The molecule has 0 spiro atoms. The van der Waals surface area contributed by atoms with Crippen LogP contribution >= 0.6 is 11.3 Å². The van der Waals surface area contributed by atoms with Crippen molar-refractivity contribution >= 4 is 27.9 Å².